The molecule has 0 spiro atoms. The number of hydrogen-bond acceptors (Lipinski definition) is 1. The smallest absolute Gasteiger partial charge is 0.00989 e. The lowest BCUT2D eigenvalue weighted by atomic mass is 10.1. The standard InChI is InChI=1S/C29H53N/c1-4-7-8-9-10-11-12-13-14-15-16-17-18-19-20-21-22-23-24-25-26-27-28-29-30(5-2)6-3/h4-16,21-29H2,1-3H3. The average molecular weight is 416 g/mol. The van der Waals surface area contributed by atoms with Gasteiger partial charge in [-0.3, -0.25) is 0 Å². The predicted octanol–water partition coefficient (Wildman–Crippen LogP) is 8.77. The lowest BCUT2D eigenvalue weighted by Gasteiger charge is -2.17. The third-order valence-electron chi connectivity index (χ3n) is 6.07. The molecule has 0 bridgehead atoms. The second-order valence-electron chi connectivity index (χ2n) is 8.79. The minimum absolute atomic E-state index is 1.02. The van der Waals surface area contributed by atoms with Crippen molar-refractivity contribution in [2.75, 3.05) is 19.6 Å². The molecular weight excluding hydrogens is 362 g/mol. The van der Waals surface area contributed by atoms with E-state index in [1.54, 1.807) is 0 Å². The Labute approximate surface area is 191 Å². The van der Waals surface area contributed by atoms with Crippen molar-refractivity contribution in [2.45, 2.75) is 143 Å². The third-order valence-corrected chi connectivity index (χ3v) is 6.07. The molecule has 0 aromatic carbocycles. The highest BCUT2D eigenvalue weighted by Crippen LogP contribution is 2.11. The zero-order chi connectivity index (χ0) is 22.0. The van der Waals surface area contributed by atoms with E-state index in [-0.39, 0.29) is 0 Å². The molecule has 1 nitrogen and oxygen atoms in total. The normalized spacial score (nSPS) is 10.5. The van der Waals surface area contributed by atoms with Gasteiger partial charge in [0, 0.05) is 12.8 Å². The molecule has 0 fully saturated rings. The van der Waals surface area contributed by atoms with Crippen molar-refractivity contribution in [2.24, 2.45) is 0 Å². The zero-order valence-corrected chi connectivity index (χ0v) is 21.0. The van der Waals surface area contributed by atoms with E-state index < -0.39 is 0 Å². The molecule has 0 radical (unpaired) electrons. The maximum Gasteiger partial charge on any atom is 0.00989 e. The Kier molecular flexibility index (Phi) is 25.3. The van der Waals surface area contributed by atoms with Crippen molar-refractivity contribution in [1.82, 2.24) is 4.90 Å². The van der Waals surface area contributed by atoms with Crippen LogP contribution < -0.4 is 0 Å². The monoisotopic (exact) mass is 415 g/mol. The van der Waals surface area contributed by atoms with Gasteiger partial charge in [0.05, 0.1) is 0 Å². The summed E-state index contributed by atoms with van der Waals surface area (Å²) in [5.41, 5.74) is 0. The largest absolute Gasteiger partial charge is 0.304 e. The minimum atomic E-state index is 1.02. The molecule has 1 heteroatoms. The van der Waals surface area contributed by atoms with Crippen molar-refractivity contribution >= 4 is 0 Å². The van der Waals surface area contributed by atoms with Gasteiger partial charge in [-0.2, -0.15) is 0 Å². The number of hydrogen-bond donors (Lipinski definition) is 0. The maximum atomic E-state index is 3.23. The first kappa shape index (κ1) is 29.1. The van der Waals surface area contributed by atoms with Gasteiger partial charge in [-0.1, -0.05) is 123 Å². The molecule has 0 atom stereocenters. The van der Waals surface area contributed by atoms with Crippen molar-refractivity contribution in [3.8, 4) is 23.7 Å². The Hall–Kier alpha value is -0.920. The Bertz CT molecular complexity index is 440. The molecule has 0 heterocycles. The summed E-state index contributed by atoms with van der Waals surface area (Å²) in [6.07, 6.45) is 25.4. The van der Waals surface area contributed by atoms with Crippen LogP contribution in [0.3, 0.4) is 0 Å². The van der Waals surface area contributed by atoms with Crippen LogP contribution in [0.1, 0.15) is 143 Å². The quantitative estimate of drug-likeness (QED) is 0.134. The van der Waals surface area contributed by atoms with Crippen LogP contribution in [0.5, 0.6) is 0 Å². The van der Waals surface area contributed by atoms with Crippen LogP contribution in [-0.4, -0.2) is 24.5 Å². The Balaban J connectivity index is 3.28. The Morgan fingerprint density at radius 1 is 0.433 bits per heavy atom. The summed E-state index contributed by atoms with van der Waals surface area (Å²) in [5.74, 6) is 12.6. The van der Waals surface area contributed by atoms with E-state index in [0.29, 0.717) is 0 Å². The lowest BCUT2D eigenvalue weighted by molar-refractivity contribution is 0.295. The molecule has 30 heavy (non-hydrogen) atoms. The Morgan fingerprint density at radius 2 is 0.800 bits per heavy atom. The fourth-order valence-corrected chi connectivity index (χ4v) is 3.89. The lowest BCUT2D eigenvalue weighted by Crippen LogP contribution is -2.23. The van der Waals surface area contributed by atoms with E-state index in [4.69, 9.17) is 0 Å². The summed E-state index contributed by atoms with van der Waals surface area (Å²) in [6.45, 7) is 10.5. The van der Waals surface area contributed by atoms with Crippen LogP contribution >= 0.6 is 0 Å². The van der Waals surface area contributed by atoms with Gasteiger partial charge in [0.15, 0.2) is 0 Å². The van der Waals surface area contributed by atoms with Crippen LogP contribution in [-0.2, 0) is 0 Å². The van der Waals surface area contributed by atoms with Gasteiger partial charge in [-0.05, 0) is 50.7 Å². The van der Waals surface area contributed by atoms with Gasteiger partial charge >= 0.3 is 0 Å². The van der Waals surface area contributed by atoms with Crippen molar-refractivity contribution in [1.29, 1.82) is 0 Å². The number of nitrogens with zero attached hydrogens (tertiary/aromatic N) is 1. The van der Waals surface area contributed by atoms with Crippen LogP contribution in [0.15, 0.2) is 0 Å². The Morgan fingerprint density at radius 3 is 1.20 bits per heavy atom. The van der Waals surface area contributed by atoms with Crippen molar-refractivity contribution in [3.63, 3.8) is 0 Å². The molecule has 0 aliphatic carbocycles. The highest BCUT2D eigenvalue weighted by Gasteiger charge is 1.98. The summed E-state index contributed by atoms with van der Waals surface area (Å²) in [7, 11) is 0. The second-order valence-corrected chi connectivity index (χ2v) is 8.79. The summed E-state index contributed by atoms with van der Waals surface area (Å²) in [5, 5.41) is 0. The molecule has 0 rings (SSSR count). The molecule has 0 aromatic heterocycles. The molecule has 0 unspecified atom stereocenters. The first-order valence-corrected chi connectivity index (χ1v) is 13.5. The van der Waals surface area contributed by atoms with Gasteiger partial charge in [0.1, 0.15) is 0 Å². The molecular formula is C29H53N. The van der Waals surface area contributed by atoms with E-state index in [1.807, 2.05) is 0 Å². The molecule has 0 N–H and O–H groups in total. The van der Waals surface area contributed by atoms with Gasteiger partial charge in [0.2, 0.25) is 0 Å². The summed E-state index contributed by atoms with van der Waals surface area (Å²) >= 11 is 0. The fourth-order valence-electron chi connectivity index (χ4n) is 3.89. The molecule has 174 valence electrons. The topological polar surface area (TPSA) is 3.24 Å². The fraction of sp³-hybridized carbons (Fsp3) is 0.862. The van der Waals surface area contributed by atoms with Gasteiger partial charge in [-0.15, -0.1) is 0 Å². The average Bonchev–Trinajstić information content (AvgIpc) is 2.77. The minimum Gasteiger partial charge on any atom is -0.304 e. The zero-order valence-electron chi connectivity index (χ0n) is 21.0. The summed E-state index contributed by atoms with van der Waals surface area (Å²) in [6, 6.07) is 0. The predicted molar refractivity (Wildman–Crippen MR) is 137 cm³/mol. The molecule has 0 aromatic rings. The van der Waals surface area contributed by atoms with Gasteiger partial charge in [-0.25, -0.2) is 0 Å². The SMILES string of the molecule is CCCCCCCCCCCCC#CC#CCCCCCCCCCN(CC)CC. The van der Waals surface area contributed by atoms with Crippen LogP contribution in [0.2, 0.25) is 0 Å². The van der Waals surface area contributed by atoms with Crippen LogP contribution in [0.25, 0.3) is 0 Å². The van der Waals surface area contributed by atoms with Crippen molar-refractivity contribution in [3.05, 3.63) is 0 Å². The van der Waals surface area contributed by atoms with Gasteiger partial charge in [0.25, 0.3) is 0 Å². The summed E-state index contributed by atoms with van der Waals surface area (Å²) in [4.78, 5) is 2.53. The van der Waals surface area contributed by atoms with E-state index in [0.717, 1.165) is 12.8 Å². The highest BCUT2D eigenvalue weighted by molar-refractivity contribution is 5.25. The molecule has 0 aliphatic rings. The van der Waals surface area contributed by atoms with Gasteiger partial charge < -0.3 is 4.90 Å². The van der Waals surface area contributed by atoms with E-state index >= 15 is 0 Å². The van der Waals surface area contributed by atoms with Crippen LogP contribution in [0, 0.1) is 23.7 Å². The number of unbranched alkanes of at least 4 members (excludes halogenated alkanes) is 17. The molecule has 0 saturated carbocycles. The molecule has 0 aliphatic heterocycles. The molecule has 0 saturated heterocycles. The van der Waals surface area contributed by atoms with Crippen molar-refractivity contribution < 1.29 is 0 Å². The van der Waals surface area contributed by atoms with E-state index in [2.05, 4.69) is 49.4 Å². The summed E-state index contributed by atoms with van der Waals surface area (Å²) < 4.78 is 0. The number of rotatable bonds is 21. The highest BCUT2D eigenvalue weighted by atomic mass is 15.1. The maximum absolute atomic E-state index is 3.23. The first-order chi connectivity index (χ1) is 14.8. The van der Waals surface area contributed by atoms with E-state index in [1.165, 1.54) is 129 Å². The second kappa shape index (κ2) is 26.1. The third kappa shape index (κ3) is 23.4. The first-order valence-electron chi connectivity index (χ1n) is 13.5. The molecule has 0 amide bonds. The van der Waals surface area contributed by atoms with Crippen LogP contribution in [0.4, 0.5) is 0 Å². The van der Waals surface area contributed by atoms with E-state index in [9.17, 15) is 0 Å².